The Morgan fingerprint density at radius 1 is 1.06 bits per heavy atom. The van der Waals surface area contributed by atoms with Gasteiger partial charge in [-0.2, -0.15) is 0 Å². The maximum Gasteiger partial charge on any atom is 0.0594 e. The maximum absolute atomic E-state index is 4.36. The highest BCUT2D eigenvalue weighted by molar-refractivity contribution is 5.50. The summed E-state index contributed by atoms with van der Waals surface area (Å²) in [5, 5.41) is 3.39. The van der Waals surface area contributed by atoms with Crippen LogP contribution in [0, 0.1) is 13.8 Å². The van der Waals surface area contributed by atoms with Gasteiger partial charge in [0.05, 0.1) is 12.2 Å². The molecule has 2 rings (SSSR count). The molecule has 0 aliphatic heterocycles. The van der Waals surface area contributed by atoms with E-state index in [2.05, 4.69) is 41.5 Å². The second-order valence-corrected chi connectivity index (χ2v) is 4.00. The predicted molar refractivity (Wildman–Crippen MR) is 67.5 cm³/mol. The number of rotatable bonds is 3. The van der Waals surface area contributed by atoms with Crippen molar-refractivity contribution < 1.29 is 0 Å². The molecule has 1 N–H and O–H groups in total. The Bertz CT molecular complexity index is 460. The zero-order valence-electron chi connectivity index (χ0n) is 9.70. The van der Waals surface area contributed by atoms with Gasteiger partial charge in [-0.1, -0.05) is 24.3 Å². The third-order valence-corrected chi connectivity index (χ3v) is 2.58. The average molecular weight is 212 g/mol. The predicted octanol–water partition coefficient (Wildman–Crippen LogP) is 3.31. The van der Waals surface area contributed by atoms with Gasteiger partial charge in [-0.15, -0.1) is 0 Å². The summed E-state index contributed by atoms with van der Waals surface area (Å²) in [6.45, 7) is 4.92. The molecule has 1 aromatic carbocycles. The van der Waals surface area contributed by atoms with Gasteiger partial charge in [-0.25, -0.2) is 0 Å². The smallest absolute Gasteiger partial charge is 0.0594 e. The van der Waals surface area contributed by atoms with Gasteiger partial charge in [-0.05, 0) is 37.1 Å². The Hall–Kier alpha value is -1.83. The number of aryl methyl sites for hydroxylation is 2. The summed E-state index contributed by atoms with van der Waals surface area (Å²) >= 11 is 0. The van der Waals surface area contributed by atoms with E-state index in [0.717, 1.165) is 12.2 Å². The molecule has 2 heteroatoms. The summed E-state index contributed by atoms with van der Waals surface area (Å²) in [6, 6.07) is 12.4. The molecule has 0 unspecified atom stereocenters. The molecular formula is C14H16N2. The number of nitrogens with zero attached hydrogens (tertiary/aromatic N) is 1. The Morgan fingerprint density at radius 3 is 2.56 bits per heavy atom. The first-order chi connectivity index (χ1) is 7.75. The van der Waals surface area contributed by atoms with E-state index in [0.29, 0.717) is 0 Å². The van der Waals surface area contributed by atoms with Crippen molar-refractivity contribution >= 4 is 5.69 Å². The van der Waals surface area contributed by atoms with Crippen LogP contribution in [0.2, 0.25) is 0 Å². The molecule has 0 fully saturated rings. The molecule has 0 amide bonds. The minimum Gasteiger partial charge on any atom is -0.379 e. The molecule has 0 saturated heterocycles. The first-order valence-electron chi connectivity index (χ1n) is 5.47. The Kier molecular flexibility index (Phi) is 3.20. The van der Waals surface area contributed by atoms with Gasteiger partial charge in [0.1, 0.15) is 0 Å². The van der Waals surface area contributed by atoms with Crippen LogP contribution in [0.25, 0.3) is 0 Å². The third kappa shape index (κ3) is 2.60. The van der Waals surface area contributed by atoms with Gasteiger partial charge in [0, 0.05) is 11.9 Å². The third-order valence-electron chi connectivity index (χ3n) is 2.58. The average Bonchev–Trinajstić information content (AvgIpc) is 2.30. The lowest BCUT2D eigenvalue weighted by molar-refractivity contribution is 1.03. The van der Waals surface area contributed by atoms with Crippen LogP contribution in [0.3, 0.4) is 0 Å². The first kappa shape index (κ1) is 10.7. The summed E-state index contributed by atoms with van der Waals surface area (Å²) in [7, 11) is 0. The van der Waals surface area contributed by atoms with Crippen molar-refractivity contribution in [2.45, 2.75) is 20.4 Å². The molecule has 0 bridgehead atoms. The number of hydrogen-bond donors (Lipinski definition) is 1. The van der Waals surface area contributed by atoms with Gasteiger partial charge >= 0.3 is 0 Å². The zero-order chi connectivity index (χ0) is 11.4. The van der Waals surface area contributed by atoms with Crippen LogP contribution in [0.5, 0.6) is 0 Å². The lowest BCUT2D eigenvalue weighted by Crippen LogP contribution is -2.02. The normalized spacial score (nSPS) is 10.1. The topological polar surface area (TPSA) is 24.9 Å². The minimum absolute atomic E-state index is 0.769. The van der Waals surface area contributed by atoms with Crippen molar-refractivity contribution in [2.75, 3.05) is 5.32 Å². The van der Waals surface area contributed by atoms with E-state index in [1.54, 1.807) is 0 Å². The number of benzene rings is 1. The number of hydrogen-bond acceptors (Lipinski definition) is 2. The van der Waals surface area contributed by atoms with E-state index in [-0.39, 0.29) is 0 Å². The summed E-state index contributed by atoms with van der Waals surface area (Å²) < 4.78 is 0. The molecule has 0 radical (unpaired) electrons. The number of aromatic nitrogens is 1. The van der Waals surface area contributed by atoms with Crippen molar-refractivity contribution in [3.8, 4) is 0 Å². The zero-order valence-corrected chi connectivity index (χ0v) is 9.70. The van der Waals surface area contributed by atoms with Crippen molar-refractivity contribution in [1.82, 2.24) is 4.98 Å². The number of anilines is 1. The summed E-state index contributed by atoms with van der Waals surface area (Å²) in [6.07, 6.45) is 1.90. The largest absolute Gasteiger partial charge is 0.379 e. The fourth-order valence-corrected chi connectivity index (χ4v) is 1.56. The molecule has 0 saturated carbocycles. The standard InChI is InChI=1S/C14H16N2/c1-11-7-8-13(15-9-11)10-16-14-6-4-3-5-12(14)2/h3-9,16H,10H2,1-2H3. The van der Waals surface area contributed by atoms with Crippen LogP contribution in [-0.2, 0) is 6.54 Å². The van der Waals surface area contributed by atoms with Crippen molar-refractivity contribution in [2.24, 2.45) is 0 Å². The van der Waals surface area contributed by atoms with Gasteiger partial charge in [0.15, 0.2) is 0 Å². The van der Waals surface area contributed by atoms with E-state index < -0.39 is 0 Å². The van der Waals surface area contributed by atoms with Crippen LogP contribution in [0.1, 0.15) is 16.8 Å². The second kappa shape index (κ2) is 4.79. The monoisotopic (exact) mass is 212 g/mol. The highest BCUT2D eigenvalue weighted by Gasteiger charge is 1.97. The summed E-state index contributed by atoms with van der Waals surface area (Å²) in [5.41, 5.74) is 4.69. The van der Waals surface area contributed by atoms with Crippen LogP contribution in [0.15, 0.2) is 42.6 Å². The van der Waals surface area contributed by atoms with Crippen LogP contribution in [0.4, 0.5) is 5.69 Å². The van der Waals surface area contributed by atoms with Crippen molar-refractivity contribution in [1.29, 1.82) is 0 Å². The fourth-order valence-electron chi connectivity index (χ4n) is 1.56. The maximum atomic E-state index is 4.36. The highest BCUT2D eigenvalue weighted by Crippen LogP contribution is 2.13. The van der Waals surface area contributed by atoms with E-state index in [1.165, 1.54) is 16.8 Å². The Balaban J connectivity index is 2.02. The van der Waals surface area contributed by atoms with E-state index in [1.807, 2.05) is 25.3 Å². The van der Waals surface area contributed by atoms with Crippen molar-refractivity contribution in [3.05, 3.63) is 59.4 Å². The van der Waals surface area contributed by atoms with E-state index >= 15 is 0 Å². The molecular weight excluding hydrogens is 196 g/mol. The molecule has 0 atom stereocenters. The quantitative estimate of drug-likeness (QED) is 0.844. The summed E-state index contributed by atoms with van der Waals surface area (Å²) in [4.78, 5) is 4.36. The van der Waals surface area contributed by atoms with Crippen molar-refractivity contribution in [3.63, 3.8) is 0 Å². The van der Waals surface area contributed by atoms with E-state index in [4.69, 9.17) is 0 Å². The molecule has 2 nitrogen and oxygen atoms in total. The SMILES string of the molecule is Cc1ccc(CNc2ccccc2C)nc1. The molecule has 0 aliphatic carbocycles. The first-order valence-corrected chi connectivity index (χ1v) is 5.47. The van der Waals surface area contributed by atoms with Crippen LogP contribution in [-0.4, -0.2) is 4.98 Å². The molecule has 1 heterocycles. The molecule has 0 spiro atoms. The van der Waals surface area contributed by atoms with Crippen LogP contribution < -0.4 is 5.32 Å². The Labute approximate surface area is 96.4 Å². The molecule has 2 aromatic rings. The summed E-state index contributed by atoms with van der Waals surface area (Å²) in [5.74, 6) is 0. The van der Waals surface area contributed by atoms with Gasteiger partial charge in [-0.3, -0.25) is 4.98 Å². The van der Waals surface area contributed by atoms with Gasteiger partial charge in [0.25, 0.3) is 0 Å². The van der Waals surface area contributed by atoms with E-state index in [9.17, 15) is 0 Å². The molecule has 16 heavy (non-hydrogen) atoms. The number of para-hydroxylation sites is 1. The molecule has 0 aliphatic rings. The minimum atomic E-state index is 0.769. The van der Waals surface area contributed by atoms with Gasteiger partial charge < -0.3 is 5.32 Å². The fraction of sp³-hybridized carbons (Fsp3) is 0.214. The lowest BCUT2D eigenvalue weighted by atomic mass is 10.2. The highest BCUT2D eigenvalue weighted by atomic mass is 14.9. The lowest BCUT2D eigenvalue weighted by Gasteiger charge is -2.08. The van der Waals surface area contributed by atoms with Crippen LogP contribution >= 0.6 is 0 Å². The number of nitrogens with one attached hydrogen (secondary N) is 1. The number of pyridine rings is 1. The molecule has 82 valence electrons. The second-order valence-electron chi connectivity index (χ2n) is 4.00. The molecule has 1 aromatic heterocycles. The Morgan fingerprint density at radius 2 is 1.88 bits per heavy atom. The van der Waals surface area contributed by atoms with Gasteiger partial charge in [0.2, 0.25) is 0 Å².